The number of amides is 2. The van der Waals surface area contributed by atoms with E-state index in [1.54, 1.807) is 19.1 Å². The second-order valence-electron chi connectivity index (χ2n) is 6.76. The average Bonchev–Trinajstić information content (AvgIpc) is 2.96. The van der Waals surface area contributed by atoms with Crippen LogP contribution in [0.2, 0.25) is 0 Å². The molecule has 0 fully saturated rings. The molecule has 0 unspecified atom stereocenters. The molecule has 1 atom stereocenters. The highest BCUT2D eigenvalue weighted by molar-refractivity contribution is 7.92. The number of anilines is 1. The molecule has 0 saturated heterocycles. The van der Waals surface area contributed by atoms with Crippen molar-refractivity contribution in [3.05, 3.63) is 65.0 Å². The minimum Gasteiger partial charge on any atom is -0.273 e. The third-order valence-corrected chi connectivity index (χ3v) is 5.72. The Labute approximate surface area is 162 Å². The van der Waals surface area contributed by atoms with E-state index in [-0.39, 0.29) is 12.5 Å². The Morgan fingerprint density at radius 1 is 1.14 bits per heavy atom. The number of sulfonamides is 1. The lowest BCUT2D eigenvalue weighted by atomic mass is 10.1. The third kappa shape index (κ3) is 4.30. The predicted octanol–water partition coefficient (Wildman–Crippen LogP) is 1.54. The average molecular weight is 405 g/mol. The monoisotopic (exact) mass is 405 g/mol. The molecule has 1 aliphatic rings. The van der Waals surface area contributed by atoms with E-state index in [2.05, 4.69) is 10.9 Å². The topological polar surface area (TPSA) is 95.6 Å². The zero-order valence-electron chi connectivity index (χ0n) is 15.4. The molecule has 0 bridgehead atoms. The maximum absolute atomic E-state index is 12.9. The number of rotatable bonds is 4. The van der Waals surface area contributed by atoms with Crippen molar-refractivity contribution in [1.82, 2.24) is 10.9 Å². The smallest absolute Gasteiger partial charge is 0.269 e. The van der Waals surface area contributed by atoms with Gasteiger partial charge in [-0.3, -0.25) is 24.7 Å². The number of carbonyl (C=O) groups is 2. The summed E-state index contributed by atoms with van der Waals surface area (Å²) >= 11 is 0. The second-order valence-corrected chi connectivity index (χ2v) is 8.62. The van der Waals surface area contributed by atoms with Gasteiger partial charge in [-0.25, -0.2) is 12.8 Å². The number of nitrogens with one attached hydrogen (secondary N) is 2. The normalized spacial score (nSPS) is 15.8. The van der Waals surface area contributed by atoms with Gasteiger partial charge in [0.05, 0.1) is 18.4 Å². The molecule has 0 aliphatic carbocycles. The molecule has 9 heteroatoms. The number of hydrazine groups is 1. The predicted molar refractivity (Wildman–Crippen MR) is 103 cm³/mol. The van der Waals surface area contributed by atoms with Crippen LogP contribution in [0.4, 0.5) is 10.1 Å². The summed E-state index contributed by atoms with van der Waals surface area (Å²) in [7, 11) is -3.40. The van der Waals surface area contributed by atoms with Gasteiger partial charge in [0.25, 0.3) is 5.91 Å². The largest absolute Gasteiger partial charge is 0.273 e. The zero-order valence-corrected chi connectivity index (χ0v) is 16.2. The van der Waals surface area contributed by atoms with Crippen molar-refractivity contribution in [3.63, 3.8) is 0 Å². The van der Waals surface area contributed by atoms with Gasteiger partial charge in [-0.2, -0.15) is 0 Å². The molecule has 148 valence electrons. The fourth-order valence-electron chi connectivity index (χ4n) is 3.28. The van der Waals surface area contributed by atoms with Gasteiger partial charge in [0.2, 0.25) is 15.9 Å². The van der Waals surface area contributed by atoms with Gasteiger partial charge in [0.1, 0.15) is 5.82 Å². The Morgan fingerprint density at radius 3 is 2.46 bits per heavy atom. The Morgan fingerprint density at radius 2 is 1.82 bits per heavy atom. The minimum absolute atomic E-state index is 0.00835. The van der Waals surface area contributed by atoms with Crippen molar-refractivity contribution >= 4 is 27.5 Å². The van der Waals surface area contributed by atoms with Crippen LogP contribution < -0.4 is 15.2 Å². The van der Waals surface area contributed by atoms with Crippen molar-refractivity contribution < 1.29 is 22.4 Å². The second kappa shape index (κ2) is 7.59. The lowest BCUT2D eigenvalue weighted by Gasteiger charge is -2.21. The van der Waals surface area contributed by atoms with Gasteiger partial charge in [-0.05, 0) is 54.8 Å². The van der Waals surface area contributed by atoms with E-state index in [4.69, 9.17) is 0 Å². The molecule has 2 amide bonds. The molecule has 2 aromatic rings. The number of carbonyl (C=O) groups excluding carboxylic acids is 2. The summed E-state index contributed by atoms with van der Waals surface area (Å²) in [6.07, 6.45) is 1.64. The van der Waals surface area contributed by atoms with Crippen molar-refractivity contribution in [2.24, 2.45) is 0 Å². The fraction of sp³-hybridized carbons (Fsp3) is 0.263. The van der Waals surface area contributed by atoms with Crippen LogP contribution in [0.5, 0.6) is 0 Å². The number of fused-ring (bicyclic) bond motifs is 1. The maximum Gasteiger partial charge on any atom is 0.269 e. The zero-order chi connectivity index (χ0) is 20.5. The standard InChI is InChI=1S/C19H20FN3O4S/c1-12-9-15-11-14(5-8-17(15)23(12)28(2,26)27)19(25)22-21-18(24)10-13-3-6-16(20)7-4-13/h3-8,11-12H,9-10H2,1-2H3,(H,21,24)(H,22,25)/t12-/m0/s1. The van der Waals surface area contributed by atoms with Crippen LogP contribution in [-0.4, -0.2) is 32.5 Å². The van der Waals surface area contributed by atoms with Gasteiger partial charge in [0.15, 0.2) is 0 Å². The molecule has 0 spiro atoms. The van der Waals surface area contributed by atoms with Crippen LogP contribution in [0.15, 0.2) is 42.5 Å². The molecular formula is C19H20FN3O4S. The van der Waals surface area contributed by atoms with Gasteiger partial charge in [0, 0.05) is 11.6 Å². The molecule has 28 heavy (non-hydrogen) atoms. The van der Waals surface area contributed by atoms with Crippen LogP contribution in [0.25, 0.3) is 0 Å². The van der Waals surface area contributed by atoms with Crippen LogP contribution in [0, 0.1) is 5.82 Å². The molecule has 1 aliphatic heterocycles. The van der Waals surface area contributed by atoms with E-state index >= 15 is 0 Å². The Bertz CT molecular complexity index is 1020. The van der Waals surface area contributed by atoms with E-state index in [1.807, 2.05) is 0 Å². The number of hydrogen-bond donors (Lipinski definition) is 2. The molecule has 0 radical (unpaired) electrons. The van der Waals surface area contributed by atoms with Crippen LogP contribution in [0.1, 0.15) is 28.4 Å². The van der Waals surface area contributed by atoms with Crippen LogP contribution >= 0.6 is 0 Å². The molecule has 0 aromatic heterocycles. The first kappa shape index (κ1) is 19.8. The number of halogens is 1. The number of nitrogens with zero attached hydrogens (tertiary/aromatic N) is 1. The van der Waals surface area contributed by atoms with E-state index in [0.29, 0.717) is 23.2 Å². The number of benzene rings is 2. The molecule has 0 saturated carbocycles. The van der Waals surface area contributed by atoms with Gasteiger partial charge in [-0.1, -0.05) is 12.1 Å². The summed E-state index contributed by atoms with van der Waals surface area (Å²) in [6.45, 7) is 1.80. The van der Waals surface area contributed by atoms with Gasteiger partial charge < -0.3 is 0 Å². The van der Waals surface area contributed by atoms with Gasteiger partial charge in [-0.15, -0.1) is 0 Å². The Balaban J connectivity index is 1.63. The Kier molecular flexibility index (Phi) is 5.37. The van der Waals surface area contributed by atoms with Crippen molar-refractivity contribution in [3.8, 4) is 0 Å². The summed E-state index contributed by atoms with van der Waals surface area (Å²) in [5.41, 5.74) is 6.88. The van der Waals surface area contributed by atoms with Crippen LogP contribution in [0.3, 0.4) is 0 Å². The molecule has 2 N–H and O–H groups in total. The molecule has 7 nitrogen and oxygen atoms in total. The minimum atomic E-state index is -3.40. The lowest BCUT2D eigenvalue weighted by Crippen LogP contribution is -2.42. The van der Waals surface area contributed by atoms with E-state index in [0.717, 1.165) is 11.8 Å². The first-order chi connectivity index (χ1) is 13.1. The fourth-order valence-corrected chi connectivity index (χ4v) is 4.54. The first-order valence-electron chi connectivity index (χ1n) is 8.61. The summed E-state index contributed by atoms with van der Waals surface area (Å²) < 4.78 is 38.1. The summed E-state index contributed by atoms with van der Waals surface area (Å²) in [5, 5.41) is 0. The molecule has 1 heterocycles. The highest BCUT2D eigenvalue weighted by Crippen LogP contribution is 2.34. The van der Waals surface area contributed by atoms with Gasteiger partial charge >= 0.3 is 0 Å². The van der Waals surface area contributed by atoms with Crippen molar-refractivity contribution in [2.45, 2.75) is 25.8 Å². The number of hydrogen-bond acceptors (Lipinski definition) is 4. The van der Waals surface area contributed by atoms with Crippen molar-refractivity contribution in [2.75, 3.05) is 10.6 Å². The lowest BCUT2D eigenvalue weighted by molar-refractivity contribution is -0.121. The quantitative estimate of drug-likeness (QED) is 0.755. The van der Waals surface area contributed by atoms with E-state index in [9.17, 15) is 22.4 Å². The maximum atomic E-state index is 12.9. The molecule has 2 aromatic carbocycles. The summed E-state index contributed by atoms with van der Waals surface area (Å²) in [4.78, 5) is 24.2. The third-order valence-electron chi connectivity index (χ3n) is 4.45. The van der Waals surface area contributed by atoms with E-state index in [1.165, 1.54) is 34.6 Å². The SMILES string of the molecule is C[C@H]1Cc2cc(C(=O)NNC(=O)Cc3ccc(F)cc3)ccc2N1S(C)(=O)=O. The summed E-state index contributed by atoms with van der Waals surface area (Å²) in [6, 6.07) is 10.00. The summed E-state index contributed by atoms with van der Waals surface area (Å²) in [5.74, 6) is -1.35. The van der Waals surface area contributed by atoms with Crippen molar-refractivity contribution in [1.29, 1.82) is 0 Å². The highest BCUT2D eigenvalue weighted by atomic mass is 32.2. The van der Waals surface area contributed by atoms with Crippen LogP contribution in [-0.2, 0) is 27.7 Å². The Hall–Kier alpha value is -2.94. The van der Waals surface area contributed by atoms with E-state index < -0.39 is 27.7 Å². The molecule has 3 rings (SSSR count). The molecular weight excluding hydrogens is 385 g/mol. The first-order valence-corrected chi connectivity index (χ1v) is 10.5. The highest BCUT2D eigenvalue weighted by Gasteiger charge is 2.32.